The van der Waals surface area contributed by atoms with E-state index in [9.17, 15) is 0 Å². The van der Waals surface area contributed by atoms with Crippen LogP contribution < -0.4 is 0 Å². The lowest BCUT2D eigenvalue weighted by Gasteiger charge is -2.05. The highest BCUT2D eigenvalue weighted by atomic mass is 16.5. The summed E-state index contributed by atoms with van der Waals surface area (Å²) in [6.45, 7) is 3.68. The first-order valence-electron chi connectivity index (χ1n) is 6.14. The lowest BCUT2D eigenvalue weighted by molar-refractivity contribution is 0.118. The van der Waals surface area contributed by atoms with E-state index in [0.717, 1.165) is 30.6 Å². The average Bonchev–Trinajstić information content (AvgIpc) is 2.36. The molecule has 1 N–H and O–H groups in total. The maximum absolute atomic E-state index is 8.69. The fourth-order valence-corrected chi connectivity index (χ4v) is 1.41. The van der Waals surface area contributed by atoms with Crippen molar-refractivity contribution in [3.8, 4) is 11.8 Å². The first-order valence-corrected chi connectivity index (χ1v) is 6.14. The van der Waals surface area contributed by atoms with Crippen molar-refractivity contribution in [2.24, 2.45) is 0 Å². The van der Waals surface area contributed by atoms with Gasteiger partial charge in [0.2, 0.25) is 0 Å². The number of aliphatic hydroxyl groups is 1. The van der Waals surface area contributed by atoms with Gasteiger partial charge >= 0.3 is 0 Å². The third-order valence-electron chi connectivity index (χ3n) is 2.38. The number of unbranched alkanes of at least 4 members (excludes halogenated alkanes) is 1. The van der Waals surface area contributed by atoms with E-state index < -0.39 is 0 Å². The lowest BCUT2D eigenvalue weighted by atomic mass is 10.1. The molecule has 0 unspecified atom stereocenters. The van der Waals surface area contributed by atoms with E-state index in [1.54, 1.807) is 0 Å². The highest BCUT2D eigenvalue weighted by Gasteiger charge is 1.98. The normalized spacial score (nSPS) is 9.76. The van der Waals surface area contributed by atoms with E-state index in [4.69, 9.17) is 9.84 Å². The summed E-state index contributed by atoms with van der Waals surface area (Å²) < 4.78 is 5.59. The molecule has 0 amide bonds. The number of hydrogen-bond acceptors (Lipinski definition) is 2. The Labute approximate surface area is 104 Å². The van der Waals surface area contributed by atoms with Gasteiger partial charge in [0.05, 0.1) is 13.2 Å². The molecule has 0 fully saturated rings. The molecule has 1 aromatic rings. The number of benzene rings is 1. The number of ether oxygens (including phenoxy) is 1. The van der Waals surface area contributed by atoms with Crippen molar-refractivity contribution in [1.82, 2.24) is 0 Å². The van der Waals surface area contributed by atoms with E-state index in [-0.39, 0.29) is 6.61 Å². The first-order chi connectivity index (χ1) is 8.38. The second-order valence-corrected chi connectivity index (χ2v) is 3.84. The van der Waals surface area contributed by atoms with Gasteiger partial charge in [0, 0.05) is 18.6 Å². The molecule has 2 nitrogen and oxygen atoms in total. The summed E-state index contributed by atoms with van der Waals surface area (Å²) in [5, 5.41) is 8.69. The van der Waals surface area contributed by atoms with Gasteiger partial charge < -0.3 is 9.84 Å². The SMILES string of the molecule is CCCCOCc1ccccc1C#CCCO. The van der Waals surface area contributed by atoms with Gasteiger partial charge in [0.25, 0.3) is 0 Å². The van der Waals surface area contributed by atoms with Gasteiger partial charge in [-0.05, 0) is 18.1 Å². The molecule has 0 saturated carbocycles. The van der Waals surface area contributed by atoms with Crippen molar-refractivity contribution in [3.05, 3.63) is 35.4 Å². The van der Waals surface area contributed by atoms with Crippen LogP contribution in [0, 0.1) is 11.8 Å². The Morgan fingerprint density at radius 3 is 2.88 bits per heavy atom. The highest BCUT2D eigenvalue weighted by Crippen LogP contribution is 2.09. The second kappa shape index (κ2) is 8.81. The van der Waals surface area contributed by atoms with Gasteiger partial charge in [0.1, 0.15) is 0 Å². The highest BCUT2D eigenvalue weighted by molar-refractivity contribution is 5.40. The Bertz CT molecular complexity index is 374. The fourth-order valence-electron chi connectivity index (χ4n) is 1.41. The van der Waals surface area contributed by atoms with Crippen molar-refractivity contribution >= 4 is 0 Å². The minimum Gasteiger partial charge on any atom is -0.395 e. The van der Waals surface area contributed by atoms with Crippen LogP contribution in [0.5, 0.6) is 0 Å². The molecule has 0 aliphatic rings. The summed E-state index contributed by atoms with van der Waals surface area (Å²) >= 11 is 0. The summed E-state index contributed by atoms with van der Waals surface area (Å²) in [7, 11) is 0. The summed E-state index contributed by atoms with van der Waals surface area (Å²) in [5.74, 6) is 6.00. The molecule has 1 rings (SSSR count). The predicted octanol–water partition coefficient (Wildman–Crippen LogP) is 2.74. The number of rotatable bonds is 6. The number of aliphatic hydroxyl groups excluding tert-OH is 1. The molecule has 0 spiro atoms. The van der Waals surface area contributed by atoms with Crippen LogP contribution in [0.3, 0.4) is 0 Å². The molecule has 92 valence electrons. The molecule has 0 heterocycles. The topological polar surface area (TPSA) is 29.5 Å². The van der Waals surface area contributed by atoms with E-state index >= 15 is 0 Å². The maximum atomic E-state index is 8.69. The molecule has 17 heavy (non-hydrogen) atoms. The quantitative estimate of drug-likeness (QED) is 0.603. The smallest absolute Gasteiger partial charge is 0.0728 e. The Balaban J connectivity index is 2.56. The Hall–Kier alpha value is -1.30. The van der Waals surface area contributed by atoms with E-state index in [0.29, 0.717) is 13.0 Å². The van der Waals surface area contributed by atoms with Crippen LogP contribution in [0.25, 0.3) is 0 Å². The molecule has 0 bridgehead atoms. The molecule has 1 aromatic carbocycles. The summed E-state index contributed by atoms with van der Waals surface area (Å²) in [5.41, 5.74) is 2.12. The van der Waals surface area contributed by atoms with Gasteiger partial charge in [-0.1, -0.05) is 43.4 Å². The third-order valence-corrected chi connectivity index (χ3v) is 2.38. The molecule has 2 heteroatoms. The second-order valence-electron chi connectivity index (χ2n) is 3.84. The monoisotopic (exact) mass is 232 g/mol. The molecule has 0 radical (unpaired) electrons. The molecular weight excluding hydrogens is 212 g/mol. The third kappa shape index (κ3) is 5.53. The molecule has 0 aliphatic heterocycles. The zero-order valence-electron chi connectivity index (χ0n) is 10.4. The van der Waals surface area contributed by atoms with Gasteiger partial charge in [-0.2, -0.15) is 0 Å². The Morgan fingerprint density at radius 2 is 2.12 bits per heavy atom. The van der Waals surface area contributed by atoms with Crippen molar-refractivity contribution in [3.63, 3.8) is 0 Å². The standard InChI is InChI=1S/C15H20O2/c1-2-3-12-17-13-15-10-5-4-8-14(15)9-6-7-11-16/h4-5,8,10,16H,2-3,7,11-13H2,1H3. The average molecular weight is 232 g/mol. The molecule has 0 aromatic heterocycles. The number of hydrogen-bond donors (Lipinski definition) is 1. The van der Waals surface area contributed by atoms with Gasteiger partial charge in [-0.3, -0.25) is 0 Å². The molecule has 0 saturated heterocycles. The van der Waals surface area contributed by atoms with Crippen LogP contribution in [0.1, 0.15) is 37.3 Å². The minimum absolute atomic E-state index is 0.113. The van der Waals surface area contributed by atoms with Crippen molar-refractivity contribution < 1.29 is 9.84 Å². The van der Waals surface area contributed by atoms with Crippen molar-refractivity contribution in [1.29, 1.82) is 0 Å². The van der Waals surface area contributed by atoms with Crippen LogP contribution in [0.4, 0.5) is 0 Å². The first kappa shape index (κ1) is 13.8. The van der Waals surface area contributed by atoms with Crippen LogP contribution in [-0.2, 0) is 11.3 Å². The Morgan fingerprint density at radius 1 is 1.29 bits per heavy atom. The minimum atomic E-state index is 0.113. The van der Waals surface area contributed by atoms with Crippen LogP contribution in [0.15, 0.2) is 24.3 Å². The fraction of sp³-hybridized carbons (Fsp3) is 0.467. The van der Waals surface area contributed by atoms with Crippen molar-refractivity contribution in [2.45, 2.75) is 32.8 Å². The summed E-state index contributed by atoms with van der Waals surface area (Å²) in [6.07, 6.45) is 2.77. The van der Waals surface area contributed by atoms with Crippen LogP contribution in [-0.4, -0.2) is 18.3 Å². The predicted molar refractivity (Wildman–Crippen MR) is 69.6 cm³/mol. The Kier molecular flexibility index (Phi) is 7.13. The maximum Gasteiger partial charge on any atom is 0.0728 e. The van der Waals surface area contributed by atoms with Crippen molar-refractivity contribution in [2.75, 3.05) is 13.2 Å². The lowest BCUT2D eigenvalue weighted by Crippen LogP contribution is -1.97. The van der Waals surface area contributed by atoms with Gasteiger partial charge in [-0.25, -0.2) is 0 Å². The van der Waals surface area contributed by atoms with Gasteiger partial charge in [0.15, 0.2) is 0 Å². The molecular formula is C15H20O2. The zero-order valence-corrected chi connectivity index (χ0v) is 10.4. The van der Waals surface area contributed by atoms with Crippen LogP contribution >= 0.6 is 0 Å². The largest absolute Gasteiger partial charge is 0.395 e. The van der Waals surface area contributed by atoms with Gasteiger partial charge in [-0.15, -0.1) is 0 Å². The molecule has 0 atom stereocenters. The zero-order chi connectivity index (χ0) is 12.3. The van der Waals surface area contributed by atoms with E-state index in [2.05, 4.69) is 18.8 Å². The summed E-state index contributed by atoms with van der Waals surface area (Å²) in [6, 6.07) is 7.99. The molecule has 0 aliphatic carbocycles. The van der Waals surface area contributed by atoms with E-state index in [1.165, 1.54) is 0 Å². The van der Waals surface area contributed by atoms with E-state index in [1.807, 2.05) is 24.3 Å². The summed E-state index contributed by atoms with van der Waals surface area (Å²) in [4.78, 5) is 0. The van der Waals surface area contributed by atoms with Crippen LogP contribution in [0.2, 0.25) is 0 Å².